The first-order valence-electron chi connectivity index (χ1n) is 9.10. The molecule has 6 nitrogen and oxygen atoms in total. The molecule has 0 unspecified atom stereocenters. The van der Waals surface area contributed by atoms with E-state index in [-0.39, 0.29) is 18.1 Å². The SMILES string of the molecule is C[C@H]1CCCC[C@@H]1OCCNC(=O)Cn1c(=O)n(C)c2ccccc21. The van der Waals surface area contributed by atoms with E-state index >= 15 is 0 Å². The average Bonchev–Trinajstić information content (AvgIpc) is 2.85. The number of nitrogens with one attached hydrogen (secondary N) is 1. The predicted octanol–water partition coefficient (Wildman–Crippen LogP) is 2.05. The largest absolute Gasteiger partial charge is 0.376 e. The minimum Gasteiger partial charge on any atom is -0.376 e. The molecule has 1 N–H and O–H groups in total. The molecule has 0 aliphatic heterocycles. The molecule has 1 aliphatic carbocycles. The molecule has 0 saturated heterocycles. The molecular formula is C19H27N3O3. The van der Waals surface area contributed by atoms with E-state index in [9.17, 15) is 9.59 Å². The zero-order valence-electron chi connectivity index (χ0n) is 15.0. The number of aromatic nitrogens is 2. The molecule has 1 aromatic heterocycles. The number of fused-ring (bicyclic) bond motifs is 1. The topological polar surface area (TPSA) is 65.3 Å². The van der Waals surface area contributed by atoms with Crippen molar-refractivity contribution in [2.45, 2.75) is 45.3 Å². The van der Waals surface area contributed by atoms with Gasteiger partial charge in [0.25, 0.3) is 0 Å². The van der Waals surface area contributed by atoms with Gasteiger partial charge in [0.1, 0.15) is 6.54 Å². The minimum absolute atomic E-state index is 0.0278. The van der Waals surface area contributed by atoms with E-state index in [1.54, 1.807) is 11.6 Å². The van der Waals surface area contributed by atoms with Gasteiger partial charge in [0.2, 0.25) is 5.91 Å². The Bertz CT molecular complexity index is 793. The van der Waals surface area contributed by atoms with E-state index in [0.29, 0.717) is 25.2 Å². The van der Waals surface area contributed by atoms with E-state index in [1.807, 2.05) is 24.3 Å². The number of amides is 1. The zero-order chi connectivity index (χ0) is 17.8. The summed E-state index contributed by atoms with van der Waals surface area (Å²) in [5, 5.41) is 2.85. The Morgan fingerprint density at radius 2 is 1.96 bits per heavy atom. The van der Waals surface area contributed by atoms with Gasteiger partial charge in [-0.15, -0.1) is 0 Å². The lowest BCUT2D eigenvalue weighted by molar-refractivity contribution is -0.122. The first-order chi connectivity index (χ1) is 12.1. The van der Waals surface area contributed by atoms with Crippen molar-refractivity contribution in [3.8, 4) is 0 Å². The second kappa shape index (κ2) is 7.87. The summed E-state index contributed by atoms with van der Waals surface area (Å²) in [5.74, 6) is 0.428. The lowest BCUT2D eigenvalue weighted by Gasteiger charge is -2.28. The van der Waals surface area contributed by atoms with Crippen molar-refractivity contribution >= 4 is 16.9 Å². The molecular weight excluding hydrogens is 318 g/mol. The summed E-state index contributed by atoms with van der Waals surface area (Å²) in [4.78, 5) is 24.5. The van der Waals surface area contributed by atoms with Crippen LogP contribution in [0.3, 0.4) is 0 Å². The molecule has 1 heterocycles. The second-order valence-corrected chi connectivity index (χ2v) is 6.94. The van der Waals surface area contributed by atoms with Crippen molar-refractivity contribution in [1.29, 1.82) is 0 Å². The van der Waals surface area contributed by atoms with Crippen LogP contribution in [-0.4, -0.2) is 34.3 Å². The molecule has 6 heteroatoms. The van der Waals surface area contributed by atoms with Gasteiger partial charge in [-0.2, -0.15) is 0 Å². The molecule has 2 atom stereocenters. The molecule has 1 aromatic carbocycles. The summed E-state index contributed by atoms with van der Waals surface area (Å²) in [6, 6.07) is 7.49. The van der Waals surface area contributed by atoms with E-state index < -0.39 is 0 Å². The highest BCUT2D eigenvalue weighted by atomic mass is 16.5. The Balaban J connectivity index is 1.52. The first kappa shape index (κ1) is 17.7. The van der Waals surface area contributed by atoms with Gasteiger partial charge in [-0.25, -0.2) is 4.79 Å². The molecule has 2 aromatic rings. The van der Waals surface area contributed by atoms with Crippen molar-refractivity contribution in [1.82, 2.24) is 14.5 Å². The number of carbonyl (C=O) groups excluding carboxylic acids is 1. The van der Waals surface area contributed by atoms with Gasteiger partial charge in [-0.1, -0.05) is 31.9 Å². The first-order valence-corrected chi connectivity index (χ1v) is 9.10. The maximum atomic E-state index is 12.3. The fourth-order valence-electron chi connectivity index (χ4n) is 3.65. The highest BCUT2D eigenvalue weighted by Crippen LogP contribution is 2.25. The van der Waals surface area contributed by atoms with Crippen molar-refractivity contribution in [2.24, 2.45) is 13.0 Å². The summed E-state index contributed by atoms with van der Waals surface area (Å²) in [5.41, 5.74) is 1.43. The Morgan fingerprint density at radius 3 is 2.72 bits per heavy atom. The number of hydrogen-bond acceptors (Lipinski definition) is 3. The van der Waals surface area contributed by atoms with Gasteiger partial charge >= 0.3 is 5.69 Å². The van der Waals surface area contributed by atoms with Gasteiger partial charge in [-0.3, -0.25) is 13.9 Å². The van der Waals surface area contributed by atoms with Crippen LogP contribution in [0.15, 0.2) is 29.1 Å². The molecule has 0 bridgehead atoms. The van der Waals surface area contributed by atoms with E-state index in [4.69, 9.17) is 4.74 Å². The van der Waals surface area contributed by atoms with Crippen molar-refractivity contribution < 1.29 is 9.53 Å². The number of nitrogens with zero attached hydrogens (tertiary/aromatic N) is 2. The minimum atomic E-state index is -0.177. The quantitative estimate of drug-likeness (QED) is 0.815. The summed E-state index contributed by atoms with van der Waals surface area (Å²) in [7, 11) is 1.72. The van der Waals surface area contributed by atoms with Crippen molar-refractivity contribution in [3.63, 3.8) is 0 Å². The molecule has 1 amide bonds. The fourth-order valence-corrected chi connectivity index (χ4v) is 3.65. The molecule has 1 saturated carbocycles. The predicted molar refractivity (Wildman–Crippen MR) is 97.6 cm³/mol. The van der Waals surface area contributed by atoms with Crippen LogP contribution in [0.25, 0.3) is 11.0 Å². The lowest BCUT2D eigenvalue weighted by atomic mass is 9.88. The summed E-state index contributed by atoms with van der Waals surface area (Å²) >= 11 is 0. The number of carbonyl (C=O) groups is 1. The van der Waals surface area contributed by atoms with Crippen molar-refractivity contribution in [3.05, 3.63) is 34.7 Å². The standard InChI is InChI=1S/C19H27N3O3/c1-14-7-3-6-10-17(14)25-12-11-20-18(23)13-22-16-9-5-4-8-15(16)21(2)19(22)24/h4-5,8-9,14,17H,3,6-7,10-13H2,1-2H3,(H,20,23)/t14-,17-/m0/s1. The third-order valence-electron chi connectivity index (χ3n) is 5.14. The van der Waals surface area contributed by atoms with Crippen LogP contribution >= 0.6 is 0 Å². The molecule has 3 rings (SSSR count). The van der Waals surface area contributed by atoms with Crippen LogP contribution in [0, 0.1) is 5.92 Å². The molecule has 0 radical (unpaired) electrons. The van der Waals surface area contributed by atoms with Crippen LogP contribution in [-0.2, 0) is 23.1 Å². The molecule has 1 aliphatic rings. The Labute approximate surface area is 147 Å². The third-order valence-corrected chi connectivity index (χ3v) is 5.14. The normalized spacial score (nSPS) is 20.7. The number of imidazole rings is 1. The number of para-hydroxylation sites is 2. The van der Waals surface area contributed by atoms with Crippen LogP contribution < -0.4 is 11.0 Å². The van der Waals surface area contributed by atoms with Gasteiger partial charge in [0.05, 0.1) is 23.7 Å². The summed E-state index contributed by atoms with van der Waals surface area (Å²) in [6.45, 7) is 3.25. The Hall–Kier alpha value is -2.08. The summed E-state index contributed by atoms with van der Waals surface area (Å²) in [6.07, 6.45) is 5.16. The lowest BCUT2D eigenvalue weighted by Crippen LogP contribution is -2.35. The number of rotatable bonds is 6. The van der Waals surface area contributed by atoms with Gasteiger partial charge < -0.3 is 10.1 Å². The maximum absolute atomic E-state index is 12.3. The van der Waals surface area contributed by atoms with Crippen LogP contribution in [0.2, 0.25) is 0 Å². The highest BCUT2D eigenvalue weighted by Gasteiger charge is 2.21. The fraction of sp³-hybridized carbons (Fsp3) is 0.579. The van der Waals surface area contributed by atoms with Gasteiger partial charge in [-0.05, 0) is 30.9 Å². The van der Waals surface area contributed by atoms with Crippen molar-refractivity contribution in [2.75, 3.05) is 13.2 Å². The number of aryl methyl sites for hydroxylation is 1. The monoisotopic (exact) mass is 345 g/mol. The Kier molecular flexibility index (Phi) is 5.58. The Morgan fingerprint density at radius 1 is 1.24 bits per heavy atom. The smallest absolute Gasteiger partial charge is 0.329 e. The maximum Gasteiger partial charge on any atom is 0.329 e. The molecule has 25 heavy (non-hydrogen) atoms. The highest BCUT2D eigenvalue weighted by molar-refractivity contribution is 5.80. The van der Waals surface area contributed by atoms with Crippen LogP contribution in [0.5, 0.6) is 0 Å². The average molecular weight is 345 g/mol. The molecule has 0 spiro atoms. The number of benzene rings is 1. The van der Waals surface area contributed by atoms with Crippen LogP contribution in [0.1, 0.15) is 32.6 Å². The number of hydrogen-bond donors (Lipinski definition) is 1. The number of ether oxygens (including phenoxy) is 1. The zero-order valence-corrected chi connectivity index (χ0v) is 15.0. The van der Waals surface area contributed by atoms with Crippen LogP contribution in [0.4, 0.5) is 0 Å². The van der Waals surface area contributed by atoms with E-state index in [2.05, 4.69) is 12.2 Å². The second-order valence-electron chi connectivity index (χ2n) is 6.94. The van der Waals surface area contributed by atoms with E-state index in [1.165, 1.54) is 23.8 Å². The van der Waals surface area contributed by atoms with Gasteiger partial charge in [0, 0.05) is 13.6 Å². The third kappa shape index (κ3) is 3.95. The van der Waals surface area contributed by atoms with Gasteiger partial charge in [0.15, 0.2) is 0 Å². The molecule has 136 valence electrons. The van der Waals surface area contributed by atoms with E-state index in [0.717, 1.165) is 17.5 Å². The summed E-state index contributed by atoms with van der Waals surface area (Å²) < 4.78 is 8.98. The molecule has 1 fully saturated rings.